The summed E-state index contributed by atoms with van der Waals surface area (Å²) in [6, 6.07) is 5.12. The van der Waals surface area contributed by atoms with E-state index in [4.69, 9.17) is 17.3 Å². The van der Waals surface area contributed by atoms with Crippen LogP contribution in [0.1, 0.15) is 21.6 Å². The van der Waals surface area contributed by atoms with Crippen LogP contribution in [0.5, 0.6) is 0 Å². The van der Waals surface area contributed by atoms with E-state index >= 15 is 0 Å². The van der Waals surface area contributed by atoms with Gasteiger partial charge in [-0.25, -0.2) is 0 Å². The number of hydrogen-bond donors (Lipinski definition) is 2. The van der Waals surface area contributed by atoms with Gasteiger partial charge in [0.05, 0.1) is 23.5 Å². The zero-order valence-corrected chi connectivity index (χ0v) is 12.5. The second-order valence-electron chi connectivity index (χ2n) is 4.45. The minimum Gasteiger partial charge on any atom is -0.321 e. The van der Waals surface area contributed by atoms with Crippen LogP contribution in [0.25, 0.3) is 0 Å². The summed E-state index contributed by atoms with van der Waals surface area (Å²) in [6.07, 6.45) is 1.67. The van der Waals surface area contributed by atoms with E-state index in [9.17, 15) is 4.79 Å². The molecule has 3 N–H and O–H groups in total. The monoisotopic (exact) mass is 302 g/mol. The highest BCUT2D eigenvalue weighted by molar-refractivity contribution is 6.31. The maximum atomic E-state index is 12.3. The van der Waals surface area contributed by atoms with Crippen molar-refractivity contribution in [3.05, 3.63) is 46.2 Å². The third-order valence-corrected chi connectivity index (χ3v) is 3.05. The van der Waals surface area contributed by atoms with Crippen LogP contribution in [0.2, 0.25) is 5.02 Å². The highest BCUT2D eigenvalue weighted by Gasteiger charge is 2.14. The Bertz CT molecular complexity index is 740. The van der Waals surface area contributed by atoms with Gasteiger partial charge in [0.2, 0.25) is 0 Å². The van der Waals surface area contributed by atoms with E-state index in [1.165, 1.54) is 0 Å². The summed E-state index contributed by atoms with van der Waals surface area (Å²) in [5.74, 6) is 5.42. The number of benzene rings is 1. The van der Waals surface area contributed by atoms with Gasteiger partial charge in [0.15, 0.2) is 0 Å². The van der Waals surface area contributed by atoms with E-state index in [2.05, 4.69) is 22.3 Å². The molecule has 2 aromatic rings. The summed E-state index contributed by atoms with van der Waals surface area (Å²) in [5.41, 5.74) is 7.76. The lowest BCUT2D eigenvalue weighted by molar-refractivity contribution is 0.102. The molecular formula is C15H15ClN4O. The third kappa shape index (κ3) is 3.63. The van der Waals surface area contributed by atoms with Gasteiger partial charge in [-0.15, -0.1) is 0 Å². The van der Waals surface area contributed by atoms with E-state index in [-0.39, 0.29) is 12.5 Å². The number of aromatic nitrogens is 2. The number of nitrogens with zero attached hydrogens (tertiary/aromatic N) is 2. The molecule has 1 amide bonds. The predicted octanol–water partition coefficient (Wildman–Crippen LogP) is 1.94. The van der Waals surface area contributed by atoms with Gasteiger partial charge in [0.1, 0.15) is 0 Å². The molecular weight excluding hydrogens is 288 g/mol. The molecule has 0 fully saturated rings. The number of carbonyl (C=O) groups is 1. The first-order valence-corrected chi connectivity index (χ1v) is 6.69. The molecule has 0 radical (unpaired) electrons. The van der Waals surface area contributed by atoms with E-state index in [0.717, 1.165) is 0 Å². The van der Waals surface area contributed by atoms with Crippen molar-refractivity contribution in [2.24, 2.45) is 12.8 Å². The molecule has 0 unspecified atom stereocenters. The fraction of sp³-hybridized carbons (Fsp3) is 0.200. The Morgan fingerprint density at radius 3 is 2.90 bits per heavy atom. The highest BCUT2D eigenvalue weighted by Crippen LogP contribution is 2.21. The molecule has 1 aromatic heterocycles. The average molecular weight is 303 g/mol. The summed E-state index contributed by atoms with van der Waals surface area (Å²) in [5, 5.41) is 7.48. The van der Waals surface area contributed by atoms with Crippen LogP contribution in [0.15, 0.2) is 24.4 Å². The first kappa shape index (κ1) is 15.1. The minimum absolute atomic E-state index is 0.248. The fourth-order valence-corrected chi connectivity index (χ4v) is 2.06. The summed E-state index contributed by atoms with van der Waals surface area (Å²) in [7, 11) is 1.77. The molecule has 108 valence electrons. The van der Waals surface area contributed by atoms with Crippen LogP contribution in [0.3, 0.4) is 0 Å². The molecule has 0 spiro atoms. The fourth-order valence-electron chi connectivity index (χ4n) is 1.89. The van der Waals surface area contributed by atoms with E-state index in [1.807, 2.05) is 0 Å². The van der Waals surface area contributed by atoms with Crippen LogP contribution in [-0.2, 0) is 7.05 Å². The standard InChI is InChI=1S/C15H15ClN4O/c1-10-13(9-20(2)19-10)15(21)18-14-8-12(16)6-5-11(14)4-3-7-17/h5-6,8-9H,7,17H2,1-2H3,(H,18,21). The topological polar surface area (TPSA) is 72.9 Å². The average Bonchev–Trinajstić information content (AvgIpc) is 2.77. The Morgan fingerprint density at radius 2 is 2.29 bits per heavy atom. The third-order valence-electron chi connectivity index (χ3n) is 2.81. The number of amides is 1. The zero-order valence-electron chi connectivity index (χ0n) is 11.8. The van der Waals surface area contributed by atoms with Gasteiger partial charge in [-0.05, 0) is 25.1 Å². The lowest BCUT2D eigenvalue weighted by atomic mass is 10.1. The van der Waals surface area contributed by atoms with E-state index < -0.39 is 0 Å². The maximum absolute atomic E-state index is 12.3. The molecule has 1 aromatic carbocycles. The summed E-state index contributed by atoms with van der Waals surface area (Å²) < 4.78 is 1.59. The number of hydrogen-bond acceptors (Lipinski definition) is 3. The number of rotatable bonds is 2. The van der Waals surface area contributed by atoms with Gasteiger partial charge in [-0.1, -0.05) is 23.4 Å². The number of aryl methyl sites for hydroxylation is 2. The van der Waals surface area contributed by atoms with Crippen molar-refractivity contribution >= 4 is 23.2 Å². The van der Waals surface area contributed by atoms with Crippen molar-refractivity contribution in [3.63, 3.8) is 0 Å². The van der Waals surface area contributed by atoms with Crippen molar-refractivity contribution in [1.82, 2.24) is 9.78 Å². The molecule has 2 rings (SSSR count). The molecule has 0 aliphatic heterocycles. The Hall–Kier alpha value is -2.29. The summed E-state index contributed by atoms with van der Waals surface area (Å²) in [6.45, 7) is 2.03. The smallest absolute Gasteiger partial charge is 0.259 e. The second kappa shape index (κ2) is 6.44. The summed E-state index contributed by atoms with van der Waals surface area (Å²) in [4.78, 5) is 12.3. The zero-order chi connectivity index (χ0) is 15.4. The first-order valence-electron chi connectivity index (χ1n) is 6.31. The second-order valence-corrected chi connectivity index (χ2v) is 4.89. The molecule has 6 heteroatoms. The molecule has 0 aliphatic rings. The molecule has 0 saturated heterocycles. The lowest BCUT2D eigenvalue weighted by Gasteiger charge is -2.07. The largest absolute Gasteiger partial charge is 0.321 e. The number of carbonyl (C=O) groups excluding carboxylic acids is 1. The molecule has 0 aliphatic carbocycles. The number of nitrogens with two attached hydrogens (primary N) is 1. The minimum atomic E-state index is -0.251. The Kier molecular flexibility index (Phi) is 4.63. The Balaban J connectivity index is 2.32. The van der Waals surface area contributed by atoms with Gasteiger partial charge in [-0.3, -0.25) is 9.48 Å². The number of nitrogens with one attached hydrogen (secondary N) is 1. The summed E-state index contributed by atoms with van der Waals surface area (Å²) >= 11 is 5.98. The quantitative estimate of drug-likeness (QED) is 0.833. The predicted molar refractivity (Wildman–Crippen MR) is 83.3 cm³/mol. The Labute approximate surface area is 128 Å². The van der Waals surface area contributed by atoms with E-state index in [1.54, 1.807) is 43.0 Å². The van der Waals surface area contributed by atoms with Crippen LogP contribution in [0, 0.1) is 18.8 Å². The Morgan fingerprint density at radius 1 is 1.52 bits per heavy atom. The van der Waals surface area contributed by atoms with Crippen molar-refractivity contribution in [1.29, 1.82) is 0 Å². The van der Waals surface area contributed by atoms with Gasteiger partial charge in [0.25, 0.3) is 5.91 Å². The van der Waals surface area contributed by atoms with Crippen molar-refractivity contribution in [2.45, 2.75) is 6.92 Å². The number of anilines is 1. The first-order chi connectivity index (χ1) is 10.0. The van der Waals surface area contributed by atoms with Gasteiger partial charge in [0, 0.05) is 23.8 Å². The van der Waals surface area contributed by atoms with Crippen LogP contribution < -0.4 is 11.1 Å². The van der Waals surface area contributed by atoms with Crippen LogP contribution >= 0.6 is 11.6 Å². The van der Waals surface area contributed by atoms with Gasteiger partial charge >= 0.3 is 0 Å². The highest BCUT2D eigenvalue weighted by atomic mass is 35.5. The van der Waals surface area contributed by atoms with E-state index in [0.29, 0.717) is 27.5 Å². The van der Waals surface area contributed by atoms with Crippen molar-refractivity contribution < 1.29 is 4.79 Å². The maximum Gasteiger partial charge on any atom is 0.259 e. The molecule has 0 saturated carbocycles. The van der Waals surface area contributed by atoms with Crippen LogP contribution in [0.4, 0.5) is 5.69 Å². The van der Waals surface area contributed by atoms with Crippen molar-refractivity contribution in [3.8, 4) is 11.8 Å². The van der Waals surface area contributed by atoms with Gasteiger partial charge < -0.3 is 11.1 Å². The molecule has 0 atom stereocenters. The molecule has 5 nitrogen and oxygen atoms in total. The lowest BCUT2D eigenvalue weighted by Crippen LogP contribution is -2.13. The molecule has 0 bridgehead atoms. The normalized spacial score (nSPS) is 9.90. The van der Waals surface area contributed by atoms with Gasteiger partial charge in [-0.2, -0.15) is 5.10 Å². The van der Waals surface area contributed by atoms with Crippen LogP contribution in [-0.4, -0.2) is 22.2 Å². The molecule has 21 heavy (non-hydrogen) atoms. The SMILES string of the molecule is Cc1nn(C)cc1C(=O)Nc1cc(Cl)ccc1C#CCN. The molecule has 1 heterocycles. The number of halogens is 1. The van der Waals surface area contributed by atoms with Crippen molar-refractivity contribution in [2.75, 3.05) is 11.9 Å².